The molecule has 0 aliphatic carbocycles. The van der Waals surface area contributed by atoms with Crippen LogP contribution in [0.15, 0.2) is 0 Å². The van der Waals surface area contributed by atoms with Crippen LogP contribution < -0.4 is 0 Å². The summed E-state index contributed by atoms with van der Waals surface area (Å²) in [6.45, 7) is 13.2. The van der Waals surface area contributed by atoms with Gasteiger partial charge >= 0.3 is 0 Å². The highest BCUT2D eigenvalue weighted by Crippen LogP contribution is 2.01. The van der Waals surface area contributed by atoms with Gasteiger partial charge in [0.05, 0.1) is 39.5 Å². The molecule has 6 nitrogen and oxygen atoms in total. The highest BCUT2D eigenvalue weighted by atomic mass is 16.5. The molecule has 1 heterocycles. The summed E-state index contributed by atoms with van der Waals surface area (Å²) >= 11 is 0. The third-order valence-electron chi connectivity index (χ3n) is 3.41. The Morgan fingerprint density at radius 1 is 0.826 bits per heavy atom. The minimum absolute atomic E-state index is 0.192. The minimum Gasteiger partial charge on any atom is -0.379 e. The number of nitrogens with zero attached hydrogens (tertiary/aromatic N) is 2. The molecule has 0 bridgehead atoms. The van der Waals surface area contributed by atoms with Gasteiger partial charge in [-0.25, -0.2) is 0 Å². The number of rotatable bonds is 11. The third-order valence-corrected chi connectivity index (χ3v) is 3.41. The Morgan fingerprint density at radius 3 is 1.83 bits per heavy atom. The van der Waals surface area contributed by atoms with E-state index in [4.69, 9.17) is 14.2 Å². The molecule has 0 unspecified atom stereocenters. The monoisotopic (exact) mass is 332 g/mol. The Balaban J connectivity index is 0.00000232. The molecule has 23 heavy (non-hydrogen) atoms. The van der Waals surface area contributed by atoms with E-state index in [0.717, 1.165) is 39.2 Å². The van der Waals surface area contributed by atoms with E-state index in [2.05, 4.69) is 18.9 Å². The average Bonchev–Trinajstić information content (AvgIpc) is 2.59. The summed E-state index contributed by atoms with van der Waals surface area (Å²) in [5.41, 5.74) is 0. The number of hydrogen-bond acceptors (Lipinski definition) is 5. The van der Waals surface area contributed by atoms with Gasteiger partial charge in [0, 0.05) is 32.8 Å². The average molecular weight is 332 g/mol. The van der Waals surface area contributed by atoms with Gasteiger partial charge in [-0.05, 0) is 13.5 Å². The second kappa shape index (κ2) is 16.2. The van der Waals surface area contributed by atoms with Crippen LogP contribution >= 0.6 is 0 Å². The lowest BCUT2D eigenvalue weighted by Crippen LogP contribution is -2.47. The predicted octanol–water partition coefficient (Wildman–Crippen LogP) is 1.64. The fraction of sp³-hybridized carbons (Fsp3) is 0.941. The lowest BCUT2D eigenvalue weighted by molar-refractivity contribution is -0.134. The van der Waals surface area contributed by atoms with Gasteiger partial charge in [-0.2, -0.15) is 0 Å². The van der Waals surface area contributed by atoms with Crippen molar-refractivity contribution in [1.29, 1.82) is 0 Å². The Bertz CT molecular complexity index is 269. The van der Waals surface area contributed by atoms with Crippen LogP contribution in [0, 0.1) is 0 Å². The van der Waals surface area contributed by atoms with Crippen LogP contribution in [-0.2, 0) is 19.0 Å². The Kier molecular flexibility index (Phi) is 15.7. The highest BCUT2D eigenvalue weighted by Gasteiger charge is 2.18. The molecule has 0 aromatic carbocycles. The molecular weight excluding hydrogens is 296 g/mol. The number of carbonyl (C=O) groups excluding carboxylic acids is 1. The van der Waals surface area contributed by atoms with Gasteiger partial charge in [-0.1, -0.05) is 20.8 Å². The maximum Gasteiger partial charge on any atom is 0.224 e. The molecule has 1 rings (SSSR count). The molecule has 1 aliphatic heterocycles. The maximum absolute atomic E-state index is 11.9. The summed E-state index contributed by atoms with van der Waals surface area (Å²) in [7, 11) is 2.08. The largest absolute Gasteiger partial charge is 0.379 e. The number of piperazine rings is 1. The lowest BCUT2D eigenvalue weighted by Gasteiger charge is -2.32. The molecule has 0 radical (unpaired) electrons. The number of hydrogen-bond donors (Lipinski definition) is 0. The zero-order valence-electron chi connectivity index (χ0n) is 15.5. The van der Waals surface area contributed by atoms with E-state index in [1.54, 1.807) is 0 Å². The first-order chi connectivity index (χ1) is 11.2. The Morgan fingerprint density at radius 2 is 1.30 bits per heavy atom. The number of amides is 1. The van der Waals surface area contributed by atoms with Crippen molar-refractivity contribution < 1.29 is 19.0 Å². The summed E-state index contributed by atoms with van der Waals surface area (Å²) in [5, 5.41) is 0. The topological polar surface area (TPSA) is 51.2 Å². The first-order valence-corrected chi connectivity index (χ1v) is 8.93. The predicted molar refractivity (Wildman–Crippen MR) is 92.8 cm³/mol. The summed E-state index contributed by atoms with van der Waals surface area (Å²) in [5.74, 6) is 0.192. The van der Waals surface area contributed by atoms with E-state index >= 15 is 0 Å². The smallest absolute Gasteiger partial charge is 0.224 e. The van der Waals surface area contributed by atoms with Gasteiger partial charge in [0.15, 0.2) is 0 Å². The fourth-order valence-corrected chi connectivity index (χ4v) is 2.06. The molecule has 0 atom stereocenters. The number of likely N-dealkylation sites (N-methyl/N-ethyl adjacent to an activating group) is 1. The van der Waals surface area contributed by atoms with Gasteiger partial charge in [0.1, 0.15) is 0 Å². The van der Waals surface area contributed by atoms with Crippen molar-refractivity contribution in [2.75, 3.05) is 72.9 Å². The molecule has 1 aliphatic rings. The summed E-state index contributed by atoms with van der Waals surface area (Å²) in [6.07, 6.45) is 1.49. The van der Waals surface area contributed by atoms with Crippen LogP contribution in [0.3, 0.4) is 0 Å². The Labute approximate surface area is 142 Å². The van der Waals surface area contributed by atoms with Crippen LogP contribution in [0.4, 0.5) is 0 Å². The van der Waals surface area contributed by atoms with Crippen molar-refractivity contribution in [3.63, 3.8) is 0 Å². The molecule has 6 heteroatoms. The third kappa shape index (κ3) is 12.4. The van der Waals surface area contributed by atoms with Crippen molar-refractivity contribution >= 4 is 5.91 Å². The van der Waals surface area contributed by atoms with Crippen molar-refractivity contribution in [2.45, 2.75) is 33.6 Å². The first-order valence-electron chi connectivity index (χ1n) is 8.93. The van der Waals surface area contributed by atoms with Crippen molar-refractivity contribution in [3.05, 3.63) is 0 Å². The first kappa shape index (κ1) is 22.3. The summed E-state index contributed by atoms with van der Waals surface area (Å²) in [4.78, 5) is 16.1. The van der Waals surface area contributed by atoms with E-state index in [0.29, 0.717) is 39.5 Å². The molecule has 138 valence electrons. The molecule has 1 fully saturated rings. The van der Waals surface area contributed by atoms with E-state index in [1.807, 2.05) is 18.7 Å². The van der Waals surface area contributed by atoms with Crippen molar-refractivity contribution in [2.24, 2.45) is 0 Å². The zero-order valence-corrected chi connectivity index (χ0v) is 15.5. The summed E-state index contributed by atoms with van der Waals surface area (Å²) < 4.78 is 16.1. The molecule has 0 saturated carbocycles. The molecule has 0 aromatic heterocycles. The fourth-order valence-electron chi connectivity index (χ4n) is 2.06. The van der Waals surface area contributed by atoms with E-state index < -0.39 is 0 Å². The zero-order chi connectivity index (χ0) is 17.3. The van der Waals surface area contributed by atoms with Crippen LogP contribution in [0.25, 0.3) is 0 Å². The van der Waals surface area contributed by atoms with Gasteiger partial charge in [0.25, 0.3) is 0 Å². The molecule has 1 saturated heterocycles. The molecule has 1 amide bonds. The van der Waals surface area contributed by atoms with Gasteiger partial charge in [-0.3, -0.25) is 4.79 Å². The summed E-state index contributed by atoms with van der Waals surface area (Å²) in [6, 6.07) is 0. The van der Waals surface area contributed by atoms with Crippen LogP contribution in [0.1, 0.15) is 33.6 Å². The second-order valence-electron chi connectivity index (χ2n) is 5.27. The SMILES string of the molecule is CC.CCCOCCOCCOCCC(=O)N1CCN(C)CC1. The lowest BCUT2D eigenvalue weighted by atomic mass is 10.3. The number of carbonyl (C=O) groups is 1. The standard InChI is InChI=1S/C15H30N2O4.C2H6/c1-3-9-19-11-13-21-14-12-20-10-4-15(18)17-7-5-16(2)6-8-17;1-2/h3-14H2,1-2H3;1-2H3. The second-order valence-corrected chi connectivity index (χ2v) is 5.27. The van der Waals surface area contributed by atoms with Crippen LogP contribution in [0.5, 0.6) is 0 Å². The molecule has 0 N–H and O–H groups in total. The molecule has 0 spiro atoms. The van der Waals surface area contributed by atoms with Gasteiger partial charge in [-0.15, -0.1) is 0 Å². The van der Waals surface area contributed by atoms with Crippen molar-refractivity contribution in [1.82, 2.24) is 9.80 Å². The number of ether oxygens (including phenoxy) is 3. The van der Waals surface area contributed by atoms with Crippen LogP contribution in [-0.4, -0.2) is 88.6 Å². The highest BCUT2D eigenvalue weighted by molar-refractivity contribution is 5.76. The minimum atomic E-state index is 0.192. The van der Waals surface area contributed by atoms with Crippen LogP contribution in [0.2, 0.25) is 0 Å². The van der Waals surface area contributed by atoms with E-state index in [1.165, 1.54) is 0 Å². The normalized spacial score (nSPS) is 15.2. The molecule has 0 aromatic rings. The molecular formula is C17H36N2O4. The quantitative estimate of drug-likeness (QED) is 0.538. The van der Waals surface area contributed by atoms with Crippen molar-refractivity contribution in [3.8, 4) is 0 Å². The maximum atomic E-state index is 11.9. The van der Waals surface area contributed by atoms with Gasteiger partial charge in [0.2, 0.25) is 5.91 Å². The van der Waals surface area contributed by atoms with E-state index in [-0.39, 0.29) is 5.91 Å². The van der Waals surface area contributed by atoms with Gasteiger partial charge < -0.3 is 24.0 Å². The van der Waals surface area contributed by atoms with E-state index in [9.17, 15) is 4.79 Å². The Hall–Kier alpha value is -0.690.